The van der Waals surface area contributed by atoms with E-state index in [-0.39, 0.29) is 11.5 Å². The van der Waals surface area contributed by atoms with Gasteiger partial charge in [-0.2, -0.15) is 0 Å². The summed E-state index contributed by atoms with van der Waals surface area (Å²) in [6.45, 7) is 3.42. The number of aromatic carboxylic acids is 1. The number of hydrogen-bond acceptors (Lipinski definition) is 2. The molecule has 4 aromatic rings. The lowest BCUT2D eigenvalue weighted by molar-refractivity contribution is 0.0684. The first-order valence-corrected chi connectivity index (χ1v) is 10.9. The average molecular weight is 451 g/mol. The highest BCUT2D eigenvalue weighted by Gasteiger charge is 2.22. The van der Waals surface area contributed by atoms with E-state index < -0.39 is 5.97 Å². The zero-order valence-corrected chi connectivity index (χ0v) is 18.5. The number of carboxylic acids is 1. The van der Waals surface area contributed by atoms with Crippen molar-refractivity contribution < 1.29 is 14.3 Å². The number of rotatable bonds is 8. The van der Waals surface area contributed by atoms with Crippen LogP contribution in [0.4, 0.5) is 4.39 Å². The lowest BCUT2D eigenvalue weighted by atomic mass is 10.1. The number of aryl methyl sites for hydroxylation is 1. The van der Waals surface area contributed by atoms with Crippen molar-refractivity contribution in [2.24, 2.45) is 0 Å². The van der Waals surface area contributed by atoms with E-state index in [0.717, 1.165) is 44.6 Å². The second-order valence-corrected chi connectivity index (χ2v) is 8.29. The summed E-state index contributed by atoms with van der Waals surface area (Å²) in [6.07, 6.45) is 0.745. The minimum Gasteiger partial charge on any atom is -0.477 e. The number of nitrogens with zero attached hydrogens (tertiary/aromatic N) is 1. The van der Waals surface area contributed by atoms with Crippen LogP contribution in [0.15, 0.2) is 66.7 Å². The van der Waals surface area contributed by atoms with E-state index in [4.69, 9.17) is 11.6 Å². The molecule has 2 N–H and O–H groups in total. The Bertz CT molecular complexity index is 1270. The number of aromatic nitrogens is 1. The molecule has 1 aromatic heterocycles. The Morgan fingerprint density at radius 1 is 1.09 bits per heavy atom. The maximum Gasteiger partial charge on any atom is 0.352 e. The van der Waals surface area contributed by atoms with E-state index in [2.05, 4.69) is 5.32 Å². The van der Waals surface area contributed by atoms with E-state index >= 15 is 0 Å². The quantitative estimate of drug-likeness (QED) is 0.332. The van der Waals surface area contributed by atoms with Gasteiger partial charge in [0.05, 0.1) is 0 Å². The largest absolute Gasteiger partial charge is 0.477 e. The molecule has 4 nitrogen and oxygen atoms in total. The van der Waals surface area contributed by atoms with Crippen LogP contribution in [0.25, 0.3) is 10.9 Å². The second kappa shape index (κ2) is 9.55. The Kier molecular flexibility index (Phi) is 6.58. The van der Waals surface area contributed by atoms with Gasteiger partial charge in [-0.25, -0.2) is 9.18 Å². The lowest BCUT2D eigenvalue weighted by Gasteiger charge is -2.10. The van der Waals surface area contributed by atoms with Gasteiger partial charge in [0, 0.05) is 34.6 Å². The third kappa shape index (κ3) is 4.69. The molecule has 6 heteroatoms. The van der Waals surface area contributed by atoms with Gasteiger partial charge in [0.25, 0.3) is 0 Å². The number of fused-ring (bicyclic) bond motifs is 1. The molecule has 0 unspecified atom stereocenters. The number of nitrogens with one attached hydrogen (secondary N) is 1. The number of halogens is 2. The molecule has 0 aliphatic carbocycles. The lowest BCUT2D eigenvalue weighted by Crippen LogP contribution is -2.19. The summed E-state index contributed by atoms with van der Waals surface area (Å²) in [7, 11) is 0. The molecular weight excluding hydrogens is 427 g/mol. The van der Waals surface area contributed by atoms with E-state index in [0.29, 0.717) is 19.6 Å². The van der Waals surface area contributed by atoms with Crippen LogP contribution in [-0.4, -0.2) is 22.2 Å². The minimum atomic E-state index is -0.983. The smallest absolute Gasteiger partial charge is 0.352 e. The second-order valence-electron chi connectivity index (χ2n) is 7.88. The summed E-state index contributed by atoms with van der Waals surface area (Å²) < 4.78 is 15.2. The van der Waals surface area contributed by atoms with Gasteiger partial charge in [-0.05, 0) is 60.8 Å². The first kappa shape index (κ1) is 22.1. The summed E-state index contributed by atoms with van der Waals surface area (Å²) in [4.78, 5) is 12.3. The van der Waals surface area contributed by atoms with E-state index in [1.807, 2.05) is 54.0 Å². The molecule has 1 heterocycles. The van der Waals surface area contributed by atoms with Crippen molar-refractivity contribution >= 4 is 28.5 Å². The molecule has 0 fully saturated rings. The standard InChI is InChI=1S/C26H24ClFN2O2/c1-17-6-11-21-22(15-29-13-12-19-4-2-3-5-23(19)27)25(26(31)32)30(24(21)14-17)16-18-7-9-20(28)10-8-18/h2-11,14,29H,12-13,15-16H2,1H3,(H,31,32). The van der Waals surface area contributed by atoms with Crippen molar-refractivity contribution in [3.8, 4) is 0 Å². The molecule has 0 bridgehead atoms. The maximum absolute atomic E-state index is 13.3. The fourth-order valence-electron chi connectivity index (χ4n) is 4.03. The number of benzene rings is 3. The Morgan fingerprint density at radius 3 is 2.56 bits per heavy atom. The van der Waals surface area contributed by atoms with Crippen LogP contribution in [0.3, 0.4) is 0 Å². The fraction of sp³-hybridized carbons (Fsp3) is 0.192. The van der Waals surface area contributed by atoms with E-state index in [1.165, 1.54) is 12.1 Å². The Hall–Kier alpha value is -3.15. The first-order chi connectivity index (χ1) is 15.4. The summed E-state index contributed by atoms with van der Waals surface area (Å²) in [5.41, 5.74) is 4.79. The normalized spacial score (nSPS) is 11.2. The number of carbonyl (C=O) groups is 1. The van der Waals surface area contributed by atoms with Gasteiger partial charge in [0.15, 0.2) is 0 Å². The van der Waals surface area contributed by atoms with Gasteiger partial charge in [0.2, 0.25) is 0 Å². The molecule has 3 aromatic carbocycles. The van der Waals surface area contributed by atoms with Crippen molar-refractivity contribution in [1.82, 2.24) is 9.88 Å². The predicted octanol–water partition coefficient (Wildman–Crippen LogP) is 5.82. The van der Waals surface area contributed by atoms with Crippen LogP contribution in [0, 0.1) is 12.7 Å². The monoisotopic (exact) mass is 450 g/mol. The Labute approximate surface area is 191 Å². The molecule has 4 rings (SSSR count). The molecular formula is C26H24ClFN2O2. The van der Waals surface area contributed by atoms with Gasteiger partial charge >= 0.3 is 5.97 Å². The topological polar surface area (TPSA) is 54.3 Å². The molecule has 0 amide bonds. The zero-order chi connectivity index (χ0) is 22.7. The number of carboxylic acid groups (broad SMARTS) is 1. The molecule has 0 aliphatic rings. The molecule has 0 atom stereocenters. The number of hydrogen-bond donors (Lipinski definition) is 2. The van der Waals surface area contributed by atoms with Crippen molar-refractivity contribution in [2.45, 2.75) is 26.4 Å². The van der Waals surface area contributed by atoms with Crippen molar-refractivity contribution in [2.75, 3.05) is 6.54 Å². The third-order valence-electron chi connectivity index (χ3n) is 5.61. The molecule has 32 heavy (non-hydrogen) atoms. The van der Waals surface area contributed by atoms with Gasteiger partial charge in [-0.3, -0.25) is 0 Å². The minimum absolute atomic E-state index is 0.250. The maximum atomic E-state index is 13.3. The third-order valence-corrected chi connectivity index (χ3v) is 5.98. The average Bonchev–Trinajstić information content (AvgIpc) is 3.06. The molecule has 0 saturated carbocycles. The van der Waals surface area contributed by atoms with Crippen LogP contribution in [0.2, 0.25) is 5.02 Å². The van der Waals surface area contributed by atoms with Gasteiger partial charge in [0.1, 0.15) is 11.5 Å². The summed E-state index contributed by atoms with van der Waals surface area (Å²) in [5.74, 6) is -1.30. The van der Waals surface area contributed by atoms with E-state index in [9.17, 15) is 14.3 Å². The highest BCUT2D eigenvalue weighted by Crippen LogP contribution is 2.29. The fourth-order valence-corrected chi connectivity index (χ4v) is 4.26. The summed E-state index contributed by atoms with van der Waals surface area (Å²) in [6, 6.07) is 19.8. The Balaban J connectivity index is 1.65. The first-order valence-electron chi connectivity index (χ1n) is 10.5. The van der Waals surface area contributed by atoms with Crippen molar-refractivity contribution in [3.05, 3.63) is 106 Å². The zero-order valence-electron chi connectivity index (χ0n) is 17.7. The van der Waals surface area contributed by atoms with Crippen LogP contribution in [-0.2, 0) is 19.5 Å². The summed E-state index contributed by atoms with van der Waals surface area (Å²) >= 11 is 6.24. The van der Waals surface area contributed by atoms with Crippen molar-refractivity contribution in [3.63, 3.8) is 0 Å². The predicted molar refractivity (Wildman–Crippen MR) is 126 cm³/mol. The SMILES string of the molecule is Cc1ccc2c(CNCCc3ccccc3Cl)c(C(=O)O)n(Cc3ccc(F)cc3)c2c1. The Morgan fingerprint density at radius 2 is 1.84 bits per heavy atom. The van der Waals surface area contributed by atoms with Crippen molar-refractivity contribution in [1.29, 1.82) is 0 Å². The molecule has 164 valence electrons. The molecule has 0 radical (unpaired) electrons. The molecule has 0 spiro atoms. The molecule has 0 saturated heterocycles. The van der Waals surface area contributed by atoms with Gasteiger partial charge in [-0.15, -0.1) is 0 Å². The van der Waals surface area contributed by atoms with Gasteiger partial charge in [-0.1, -0.05) is 54.1 Å². The summed E-state index contributed by atoms with van der Waals surface area (Å²) in [5, 5.41) is 15.1. The van der Waals surface area contributed by atoms with Crippen LogP contribution >= 0.6 is 11.6 Å². The highest BCUT2D eigenvalue weighted by molar-refractivity contribution is 6.31. The van der Waals surface area contributed by atoms with E-state index in [1.54, 1.807) is 12.1 Å². The van der Waals surface area contributed by atoms with Gasteiger partial charge < -0.3 is 15.0 Å². The molecule has 0 aliphatic heterocycles. The highest BCUT2D eigenvalue weighted by atomic mass is 35.5. The van der Waals surface area contributed by atoms with Crippen LogP contribution < -0.4 is 5.32 Å². The van der Waals surface area contributed by atoms with Crippen LogP contribution in [0.1, 0.15) is 32.7 Å². The van der Waals surface area contributed by atoms with Crippen LogP contribution in [0.5, 0.6) is 0 Å².